The second-order valence-electron chi connectivity index (χ2n) is 4.96. The SMILES string of the molecule is Cc1nn(C)cc1NC(=O)CN1CCC(N)CC1. The maximum absolute atomic E-state index is 11.9. The fraction of sp³-hybridized carbons (Fsp3) is 0.667. The van der Waals surface area contributed by atoms with Crippen molar-refractivity contribution >= 4 is 11.6 Å². The lowest BCUT2D eigenvalue weighted by Crippen LogP contribution is -2.43. The number of nitrogens with two attached hydrogens (primary N) is 1. The zero-order valence-electron chi connectivity index (χ0n) is 11.0. The van der Waals surface area contributed by atoms with Crippen LogP contribution in [0.15, 0.2) is 6.20 Å². The number of aryl methyl sites for hydroxylation is 2. The van der Waals surface area contributed by atoms with E-state index in [1.165, 1.54) is 0 Å². The summed E-state index contributed by atoms with van der Waals surface area (Å²) in [6.07, 6.45) is 3.76. The highest BCUT2D eigenvalue weighted by Gasteiger charge is 2.18. The van der Waals surface area contributed by atoms with Gasteiger partial charge in [0.1, 0.15) is 0 Å². The summed E-state index contributed by atoms with van der Waals surface area (Å²) in [5.41, 5.74) is 7.46. The number of anilines is 1. The predicted molar refractivity (Wildman–Crippen MR) is 70.2 cm³/mol. The number of hydrogen-bond donors (Lipinski definition) is 2. The van der Waals surface area contributed by atoms with Crippen LogP contribution in [0.2, 0.25) is 0 Å². The normalized spacial score (nSPS) is 17.9. The Bertz CT molecular complexity index is 420. The Morgan fingerprint density at radius 1 is 1.56 bits per heavy atom. The smallest absolute Gasteiger partial charge is 0.238 e. The standard InChI is InChI=1S/C12H21N5O/c1-9-11(7-16(2)15-9)14-12(18)8-17-5-3-10(13)4-6-17/h7,10H,3-6,8,13H2,1-2H3,(H,14,18). The van der Waals surface area contributed by atoms with Gasteiger partial charge in [-0.05, 0) is 19.8 Å². The Morgan fingerprint density at radius 2 is 2.22 bits per heavy atom. The lowest BCUT2D eigenvalue weighted by atomic mass is 10.1. The summed E-state index contributed by atoms with van der Waals surface area (Å²) in [7, 11) is 1.84. The Hall–Kier alpha value is -1.40. The first-order chi connectivity index (χ1) is 8.54. The molecule has 0 saturated carbocycles. The highest BCUT2D eigenvalue weighted by atomic mass is 16.2. The molecule has 1 saturated heterocycles. The third-order valence-corrected chi connectivity index (χ3v) is 3.29. The second-order valence-corrected chi connectivity index (χ2v) is 4.96. The molecule has 1 aromatic heterocycles. The molecule has 6 heteroatoms. The van der Waals surface area contributed by atoms with Crippen LogP contribution in [0, 0.1) is 6.92 Å². The number of piperidine rings is 1. The largest absolute Gasteiger partial charge is 0.328 e. The fourth-order valence-corrected chi connectivity index (χ4v) is 2.23. The molecule has 2 heterocycles. The van der Waals surface area contributed by atoms with Crippen molar-refractivity contribution in [1.29, 1.82) is 0 Å². The average molecular weight is 251 g/mol. The molecule has 0 atom stereocenters. The Labute approximate surface area is 107 Å². The van der Waals surface area contributed by atoms with Crippen LogP contribution in [0.25, 0.3) is 0 Å². The van der Waals surface area contributed by atoms with Gasteiger partial charge in [-0.3, -0.25) is 14.4 Å². The third-order valence-electron chi connectivity index (χ3n) is 3.29. The van der Waals surface area contributed by atoms with Crippen molar-refractivity contribution in [1.82, 2.24) is 14.7 Å². The third kappa shape index (κ3) is 3.30. The van der Waals surface area contributed by atoms with Gasteiger partial charge in [-0.2, -0.15) is 5.10 Å². The van der Waals surface area contributed by atoms with Gasteiger partial charge in [0.05, 0.1) is 17.9 Å². The molecule has 0 aliphatic carbocycles. The lowest BCUT2D eigenvalue weighted by Gasteiger charge is -2.29. The predicted octanol–water partition coefficient (Wildman–Crippen LogP) is 0.0901. The first kappa shape index (κ1) is 13.0. The van der Waals surface area contributed by atoms with Crippen molar-refractivity contribution < 1.29 is 4.79 Å². The van der Waals surface area contributed by atoms with Crippen molar-refractivity contribution in [3.05, 3.63) is 11.9 Å². The van der Waals surface area contributed by atoms with Gasteiger partial charge >= 0.3 is 0 Å². The van der Waals surface area contributed by atoms with E-state index in [1.54, 1.807) is 4.68 Å². The minimum absolute atomic E-state index is 0.0153. The van der Waals surface area contributed by atoms with Crippen molar-refractivity contribution in [3.8, 4) is 0 Å². The molecule has 18 heavy (non-hydrogen) atoms. The van der Waals surface area contributed by atoms with Crippen LogP contribution in [0.1, 0.15) is 18.5 Å². The number of amides is 1. The van der Waals surface area contributed by atoms with Gasteiger partial charge in [-0.1, -0.05) is 0 Å². The maximum atomic E-state index is 11.9. The van der Waals surface area contributed by atoms with E-state index in [0.29, 0.717) is 12.6 Å². The van der Waals surface area contributed by atoms with E-state index in [1.807, 2.05) is 20.2 Å². The average Bonchev–Trinajstić information content (AvgIpc) is 2.61. The summed E-state index contributed by atoms with van der Waals surface area (Å²) in [5.74, 6) is 0.0153. The summed E-state index contributed by atoms with van der Waals surface area (Å²) in [6.45, 7) is 4.12. The molecule has 1 aliphatic rings. The molecular formula is C12H21N5O. The molecule has 1 fully saturated rings. The molecular weight excluding hydrogens is 230 g/mol. The van der Waals surface area contributed by atoms with Gasteiger partial charge in [0, 0.05) is 32.4 Å². The molecule has 0 radical (unpaired) electrons. The van der Waals surface area contributed by atoms with Crippen molar-refractivity contribution in [3.63, 3.8) is 0 Å². The summed E-state index contributed by atoms with van der Waals surface area (Å²) < 4.78 is 1.70. The van der Waals surface area contributed by atoms with E-state index in [4.69, 9.17) is 5.73 Å². The van der Waals surface area contributed by atoms with Crippen LogP contribution in [-0.2, 0) is 11.8 Å². The number of nitrogens with zero attached hydrogens (tertiary/aromatic N) is 3. The van der Waals surface area contributed by atoms with E-state index in [9.17, 15) is 4.79 Å². The van der Waals surface area contributed by atoms with E-state index in [2.05, 4.69) is 15.3 Å². The minimum Gasteiger partial charge on any atom is -0.328 e. The number of nitrogens with one attached hydrogen (secondary N) is 1. The second kappa shape index (κ2) is 5.49. The Kier molecular flexibility index (Phi) is 3.98. The van der Waals surface area contributed by atoms with Gasteiger partial charge in [-0.25, -0.2) is 0 Å². The molecule has 0 spiro atoms. The highest BCUT2D eigenvalue weighted by Crippen LogP contribution is 2.12. The van der Waals surface area contributed by atoms with Crippen LogP contribution in [-0.4, -0.2) is 46.3 Å². The molecule has 100 valence electrons. The lowest BCUT2D eigenvalue weighted by molar-refractivity contribution is -0.117. The number of carbonyl (C=O) groups excluding carboxylic acids is 1. The molecule has 6 nitrogen and oxygen atoms in total. The van der Waals surface area contributed by atoms with E-state index < -0.39 is 0 Å². The van der Waals surface area contributed by atoms with Crippen LogP contribution in [0.5, 0.6) is 0 Å². The first-order valence-electron chi connectivity index (χ1n) is 6.32. The van der Waals surface area contributed by atoms with Crippen LogP contribution >= 0.6 is 0 Å². The number of hydrogen-bond acceptors (Lipinski definition) is 4. The number of likely N-dealkylation sites (tertiary alicyclic amines) is 1. The fourth-order valence-electron chi connectivity index (χ4n) is 2.23. The van der Waals surface area contributed by atoms with Gasteiger partial charge in [-0.15, -0.1) is 0 Å². The van der Waals surface area contributed by atoms with Crippen LogP contribution in [0.4, 0.5) is 5.69 Å². The van der Waals surface area contributed by atoms with Crippen molar-refractivity contribution in [2.75, 3.05) is 25.0 Å². The summed E-state index contributed by atoms with van der Waals surface area (Å²) in [6, 6.07) is 0.296. The van der Waals surface area contributed by atoms with Gasteiger partial charge in [0.2, 0.25) is 5.91 Å². The topological polar surface area (TPSA) is 76.2 Å². The first-order valence-corrected chi connectivity index (χ1v) is 6.32. The highest BCUT2D eigenvalue weighted by molar-refractivity contribution is 5.92. The quantitative estimate of drug-likeness (QED) is 0.798. The maximum Gasteiger partial charge on any atom is 0.238 e. The van der Waals surface area contributed by atoms with Crippen LogP contribution < -0.4 is 11.1 Å². The van der Waals surface area contributed by atoms with Gasteiger partial charge in [0.15, 0.2) is 0 Å². The number of carbonyl (C=O) groups is 1. The van der Waals surface area contributed by atoms with E-state index >= 15 is 0 Å². The number of aromatic nitrogens is 2. The minimum atomic E-state index is 0.0153. The summed E-state index contributed by atoms with van der Waals surface area (Å²) in [5, 5.41) is 7.09. The Balaban J connectivity index is 1.83. The van der Waals surface area contributed by atoms with Crippen LogP contribution in [0.3, 0.4) is 0 Å². The summed E-state index contributed by atoms with van der Waals surface area (Å²) >= 11 is 0. The van der Waals surface area contributed by atoms with Crippen molar-refractivity contribution in [2.45, 2.75) is 25.8 Å². The zero-order chi connectivity index (χ0) is 13.1. The van der Waals surface area contributed by atoms with E-state index in [0.717, 1.165) is 37.3 Å². The van der Waals surface area contributed by atoms with E-state index in [-0.39, 0.29) is 5.91 Å². The molecule has 0 bridgehead atoms. The molecule has 0 unspecified atom stereocenters. The molecule has 2 rings (SSSR count). The zero-order valence-corrected chi connectivity index (χ0v) is 11.0. The molecule has 1 aromatic rings. The molecule has 1 aliphatic heterocycles. The van der Waals surface area contributed by atoms with Crippen molar-refractivity contribution in [2.24, 2.45) is 12.8 Å². The summed E-state index contributed by atoms with van der Waals surface area (Å²) in [4.78, 5) is 14.0. The molecule has 0 aromatic carbocycles. The number of rotatable bonds is 3. The monoisotopic (exact) mass is 251 g/mol. The van der Waals surface area contributed by atoms with Gasteiger partial charge in [0.25, 0.3) is 0 Å². The Morgan fingerprint density at radius 3 is 2.78 bits per heavy atom. The molecule has 1 amide bonds. The molecule has 3 N–H and O–H groups in total. The van der Waals surface area contributed by atoms with Gasteiger partial charge < -0.3 is 11.1 Å².